The molecule has 0 radical (unpaired) electrons. The van der Waals surface area contributed by atoms with Gasteiger partial charge in [0.1, 0.15) is 5.60 Å². The summed E-state index contributed by atoms with van der Waals surface area (Å²) in [6.07, 6.45) is 1.80. The molecule has 1 rings (SSSR count). The van der Waals surface area contributed by atoms with Crippen LogP contribution in [0.2, 0.25) is 0 Å². The molecule has 96 valence electrons. The van der Waals surface area contributed by atoms with Crippen molar-refractivity contribution in [1.82, 2.24) is 0 Å². The van der Waals surface area contributed by atoms with Gasteiger partial charge in [0, 0.05) is 12.1 Å². The fraction of sp³-hybridized carbons (Fsp3) is 0.636. The fourth-order valence-electron chi connectivity index (χ4n) is 1.45. The van der Waals surface area contributed by atoms with Crippen molar-refractivity contribution in [2.75, 3.05) is 5.75 Å². The van der Waals surface area contributed by atoms with Crippen LogP contribution in [0.3, 0.4) is 0 Å². The lowest BCUT2D eigenvalue weighted by molar-refractivity contribution is 0.0123. The van der Waals surface area contributed by atoms with Crippen LogP contribution in [0.1, 0.15) is 34.1 Å². The number of nitrogens with one attached hydrogen (secondary N) is 1. The molecule has 0 aromatic rings. The van der Waals surface area contributed by atoms with Gasteiger partial charge in [-0.1, -0.05) is 10.7 Å². The Bertz CT molecular complexity index is 483. The number of oxime groups is 1. The van der Waals surface area contributed by atoms with Crippen LogP contribution in [0.5, 0.6) is 0 Å². The predicted octanol–water partition coefficient (Wildman–Crippen LogP) is 1.90. The van der Waals surface area contributed by atoms with Crippen molar-refractivity contribution in [3.63, 3.8) is 0 Å². The lowest BCUT2D eigenvalue weighted by atomic mass is 10.1. The topological polar surface area (TPSA) is 79.6 Å². The van der Waals surface area contributed by atoms with Crippen LogP contribution in [-0.2, 0) is 14.7 Å². The van der Waals surface area contributed by atoms with Crippen molar-refractivity contribution in [2.45, 2.75) is 39.7 Å². The maximum Gasteiger partial charge on any atom is 0.200 e. The third-order valence-electron chi connectivity index (χ3n) is 2.14. The van der Waals surface area contributed by atoms with E-state index in [0.29, 0.717) is 0 Å². The predicted molar refractivity (Wildman–Crippen MR) is 68.2 cm³/mol. The highest BCUT2D eigenvalue weighted by molar-refractivity contribution is 8.07. The Kier molecular flexibility index (Phi) is 3.76. The van der Waals surface area contributed by atoms with Crippen molar-refractivity contribution < 1.29 is 13.3 Å². The number of hydrogen-bond donors (Lipinski definition) is 1. The van der Waals surface area contributed by atoms with Gasteiger partial charge in [-0.15, -0.1) is 0 Å². The van der Waals surface area contributed by atoms with E-state index < -0.39 is 15.4 Å². The maximum absolute atomic E-state index is 11.9. The van der Waals surface area contributed by atoms with E-state index in [1.54, 1.807) is 19.9 Å². The zero-order valence-electron chi connectivity index (χ0n) is 10.6. The van der Waals surface area contributed by atoms with E-state index in [2.05, 4.69) is 5.16 Å². The lowest BCUT2D eigenvalue weighted by Crippen LogP contribution is -2.26. The van der Waals surface area contributed by atoms with Crippen molar-refractivity contribution in [1.29, 1.82) is 5.41 Å². The highest BCUT2D eigenvalue weighted by Gasteiger charge is 2.36. The molecule has 5 nitrogen and oxygen atoms in total. The van der Waals surface area contributed by atoms with Gasteiger partial charge in [0.25, 0.3) is 0 Å². The molecule has 0 fully saturated rings. The van der Waals surface area contributed by atoms with E-state index in [1.807, 2.05) is 13.8 Å². The second kappa shape index (κ2) is 4.60. The van der Waals surface area contributed by atoms with Gasteiger partial charge in [-0.2, -0.15) is 0 Å². The Balaban J connectivity index is 2.78. The highest BCUT2D eigenvalue weighted by atomic mass is 32.2. The second-order valence-electron chi connectivity index (χ2n) is 5.02. The molecular weight excluding hydrogens is 240 g/mol. The molecule has 1 N–H and O–H groups in total. The monoisotopic (exact) mass is 258 g/mol. The molecule has 17 heavy (non-hydrogen) atoms. The molecule has 0 saturated heterocycles. The van der Waals surface area contributed by atoms with Gasteiger partial charge in [0.05, 0.1) is 5.75 Å². The van der Waals surface area contributed by atoms with Gasteiger partial charge in [0.15, 0.2) is 5.04 Å². The molecule has 0 aromatic carbocycles. The standard InChI is InChI=1S/C11H18N2O3S/c1-8(2)5-9(12)7-17(14,15)10-6-11(3,4)16-13-10/h5,12H,6-7H2,1-4H3. The van der Waals surface area contributed by atoms with E-state index in [4.69, 9.17) is 10.2 Å². The molecule has 0 aromatic heterocycles. The lowest BCUT2D eigenvalue weighted by Gasteiger charge is -2.13. The van der Waals surface area contributed by atoms with Crippen LogP contribution < -0.4 is 0 Å². The number of rotatable bonds is 3. The van der Waals surface area contributed by atoms with Crippen LogP contribution in [-0.4, -0.2) is 30.5 Å². The van der Waals surface area contributed by atoms with Gasteiger partial charge in [-0.3, -0.25) is 0 Å². The molecule has 0 spiro atoms. The first-order chi connectivity index (χ1) is 7.62. The van der Waals surface area contributed by atoms with Crippen molar-refractivity contribution >= 4 is 20.6 Å². The van der Waals surface area contributed by atoms with Gasteiger partial charge in [-0.25, -0.2) is 8.42 Å². The summed E-state index contributed by atoms with van der Waals surface area (Å²) in [5, 5.41) is 11.2. The van der Waals surface area contributed by atoms with Crippen molar-refractivity contribution in [3.8, 4) is 0 Å². The SMILES string of the molecule is CC(C)=CC(=N)CS(=O)(=O)C1=NOC(C)(C)C1. The fourth-order valence-corrected chi connectivity index (χ4v) is 2.83. The Morgan fingerprint density at radius 1 is 1.53 bits per heavy atom. The molecule has 1 aliphatic heterocycles. The molecule has 0 bridgehead atoms. The Morgan fingerprint density at radius 3 is 2.53 bits per heavy atom. The third kappa shape index (κ3) is 3.96. The molecule has 1 aliphatic rings. The molecule has 6 heteroatoms. The normalized spacial score (nSPS) is 18.2. The zero-order chi connectivity index (χ0) is 13.3. The van der Waals surface area contributed by atoms with Crippen LogP contribution in [0.15, 0.2) is 16.8 Å². The smallest absolute Gasteiger partial charge is 0.200 e. The summed E-state index contributed by atoms with van der Waals surface area (Å²) in [5.41, 5.74) is 0.397. The van der Waals surface area contributed by atoms with E-state index >= 15 is 0 Å². The number of nitrogens with zero attached hydrogens (tertiary/aromatic N) is 1. The Hall–Kier alpha value is -1.17. The molecule has 0 aliphatic carbocycles. The summed E-state index contributed by atoms with van der Waals surface area (Å²) in [6.45, 7) is 7.20. The zero-order valence-corrected chi connectivity index (χ0v) is 11.4. The van der Waals surface area contributed by atoms with E-state index in [-0.39, 0.29) is 22.9 Å². The summed E-state index contributed by atoms with van der Waals surface area (Å²) in [4.78, 5) is 5.02. The molecule has 0 unspecified atom stereocenters. The Labute approximate surface area is 102 Å². The average Bonchev–Trinajstić information content (AvgIpc) is 2.43. The first-order valence-corrected chi connectivity index (χ1v) is 6.98. The summed E-state index contributed by atoms with van der Waals surface area (Å²) >= 11 is 0. The number of hydrogen-bond acceptors (Lipinski definition) is 5. The van der Waals surface area contributed by atoms with E-state index in [1.165, 1.54) is 0 Å². The second-order valence-corrected chi connectivity index (χ2v) is 7.01. The Morgan fingerprint density at radius 2 is 2.12 bits per heavy atom. The van der Waals surface area contributed by atoms with Crippen LogP contribution in [0.25, 0.3) is 0 Å². The minimum Gasteiger partial charge on any atom is -0.389 e. The highest BCUT2D eigenvalue weighted by Crippen LogP contribution is 2.24. The average molecular weight is 258 g/mol. The maximum atomic E-state index is 11.9. The first-order valence-electron chi connectivity index (χ1n) is 5.32. The van der Waals surface area contributed by atoms with Crippen LogP contribution >= 0.6 is 0 Å². The van der Waals surface area contributed by atoms with E-state index in [0.717, 1.165) is 5.57 Å². The van der Waals surface area contributed by atoms with Crippen molar-refractivity contribution in [2.24, 2.45) is 5.16 Å². The quantitative estimate of drug-likeness (QED) is 0.785. The third-order valence-corrected chi connectivity index (χ3v) is 3.77. The largest absolute Gasteiger partial charge is 0.389 e. The van der Waals surface area contributed by atoms with Gasteiger partial charge in [0.2, 0.25) is 9.84 Å². The summed E-state index contributed by atoms with van der Waals surface area (Å²) in [6, 6.07) is 0. The minimum atomic E-state index is -3.52. The van der Waals surface area contributed by atoms with Gasteiger partial charge < -0.3 is 10.2 Å². The summed E-state index contributed by atoms with van der Waals surface area (Å²) < 4.78 is 23.9. The number of allylic oxidation sites excluding steroid dienone is 2. The summed E-state index contributed by atoms with van der Waals surface area (Å²) in [5.74, 6) is -0.323. The molecule has 1 heterocycles. The van der Waals surface area contributed by atoms with Gasteiger partial charge in [-0.05, 0) is 33.8 Å². The van der Waals surface area contributed by atoms with Gasteiger partial charge >= 0.3 is 0 Å². The van der Waals surface area contributed by atoms with Crippen molar-refractivity contribution in [3.05, 3.63) is 11.6 Å². The first kappa shape index (κ1) is 13.9. The van der Waals surface area contributed by atoms with Crippen LogP contribution in [0, 0.1) is 5.41 Å². The number of sulfone groups is 1. The molecule has 0 atom stereocenters. The van der Waals surface area contributed by atoms with Crippen LogP contribution in [0.4, 0.5) is 0 Å². The molecule has 0 saturated carbocycles. The van der Waals surface area contributed by atoms with E-state index in [9.17, 15) is 8.42 Å². The minimum absolute atomic E-state index is 0.0365. The molecule has 0 amide bonds. The molecular formula is C11H18N2O3S. The summed E-state index contributed by atoms with van der Waals surface area (Å²) in [7, 11) is -3.52.